The van der Waals surface area contributed by atoms with Crippen LogP contribution in [0.5, 0.6) is 5.88 Å². The Morgan fingerprint density at radius 1 is 1.33 bits per heavy atom. The van der Waals surface area contributed by atoms with E-state index in [1.54, 1.807) is 29.9 Å². The minimum atomic E-state index is -0.847. The minimum Gasteiger partial charge on any atom is -0.475 e. The molecule has 0 radical (unpaired) electrons. The van der Waals surface area contributed by atoms with Gasteiger partial charge in [0.05, 0.1) is 33.1 Å². The van der Waals surface area contributed by atoms with Crippen LogP contribution in [0.4, 0.5) is 11.5 Å². The summed E-state index contributed by atoms with van der Waals surface area (Å²) >= 11 is 15.3. The molecule has 1 amide bonds. The van der Waals surface area contributed by atoms with E-state index in [0.717, 1.165) is 16.4 Å². The Balaban J connectivity index is 1.73. The predicted octanol–water partition coefficient (Wildman–Crippen LogP) is 4.31. The van der Waals surface area contributed by atoms with Gasteiger partial charge in [0, 0.05) is 6.20 Å². The van der Waals surface area contributed by atoms with Gasteiger partial charge in [0.15, 0.2) is 5.82 Å². The molecule has 10 nitrogen and oxygen atoms in total. The number of hydrogen-bond donors (Lipinski definition) is 1. The summed E-state index contributed by atoms with van der Waals surface area (Å²) in [6, 6.07) is 4.40. The van der Waals surface area contributed by atoms with Crippen molar-refractivity contribution >= 4 is 56.5 Å². The number of hydrogen-bond acceptors (Lipinski definition) is 6. The number of methoxy groups -OCH3 is 1. The highest BCUT2D eigenvalue weighted by atomic mass is 79.9. The molecule has 0 aliphatic heterocycles. The van der Waals surface area contributed by atoms with Crippen molar-refractivity contribution < 1.29 is 14.5 Å². The highest BCUT2D eigenvalue weighted by molar-refractivity contribution is 9.10. The largest absolute Gasteiger partial charge is 0.475 e. The number of nitrogens with one attached hydrogen (secondary N) is 1. The van der Waals surface area contributed by atoms with Crippen LogP contribution in [-0.4, -0.2) is 37.5 Å². The van der Waals surface area contributed by atoms with Gasteiger partial charge < -0.3 is 10.1 Å². The number of nitrogens with zero attached hydrogens (tertiary/aromatic N) is 5. The number of ether oxygens (including phenoxy) is 1. The number of nitro groups is 1. The van der Waals surface area contributed by atoms with Gasteiger partial charge in [0.1, 0.15) is 12.2 Å². The molecule has 1 aromatic carbocycles. The molecular formula is C17H15BrCl2N6O4. The van der Waals surface area contributed by atoms with E-state index in [1.807, 2.05) is 6.07 Å². The first-order chi connectivity index (χ1) is 14.2. The quantitative estimate of drug-likeness (QED) is 0.368. The molecular weight excluding hydrogens is 503 g/mol. The molecule has 0 bridgehead atoms. The third-order valence-electron chi connectivity index (χ3n) is 4.13. The van der Waals surface area contributed by atoms with Crippen LogP contribution in [0.15, 0.2) is 35.1 Å². The molecule has 2 heterocycles. The van der Waals surface area contributed by atoms with Crippen LogP contribution in [0.3, 0.4) is 0 Å². The third-order valence-corrected chi connectivity index (χ3v) is 5.45. The minimum absolute atomic E-state index is 0.174. The smallest absolute Gasteiger partial charge is 0.350 e. The van der Waals surface area contributed by atoms with Gasteiger partial charge in [-0.15, -0.1) is 5.10 Å². The fourth-order valence-corrected chi connectivity index (χ4v) is 3.30. The zero-order valence-corrected chi connectivity index (χ0v) is 18.8. The first kappa shape index (κ1) is 22.1. The van der Waals surface area contributed by atoms with E-state index in [0.29, 0.717) is 26.9 Å². The van der Waals surface area contributed by atoms with Gasteiger partial charge in [-0.1, -0.05) is 29.3 Å². The second kappa shape index (κ2) is 9.02. The summed E-state index contributed by atoms with van der Waals surface area (Å²) in [5, 5.41) is 22.9. The van der Waals surface area contributed by atoms with Crippen molar-refractivity contribution in [1.29, 1.82) is 0 Å². The molecule has 0 aliphatic carbocycles. The van der Waals surface area contributed by atoms with Crippen molar-refractivity contribution in [2.75, 3.05) is 12.4 Å². The lowest BCUT2D eigenvalue weighted by Gasteiger charge is -2.11. The van der Waals surface area contributed by atoms with Crippen LogP contribution in [-0.2, 0) is 11.3 Å². The second-order valence-electron chi connectivity index (χ2n) is 6.20. The summed E-state index contributed by atoms with van der Waals surface area (Å²) in [7, 11) is 1.27. The lowest BCUT2D eigenvalue weighted by Crippen LogP contribution is -2.24. The first-order valence-electron chi connectivity index (χ1n) is 8.45. The van der Waals surface area contributed by atoms with E-state index in [-0.39, 0.29) is 11.6 Å². The number of carbonyl (C=O) groups is 1. The van der Waals surface area contributed by atoms with Gasteiger partial charge in [-0.25, -0.2) is 4.68 Å². The van der Waals surface area contributed by atoms with Crippen molar-refractivity contribution in [1.82, 2.24) is 19.6 Å². The zero-order chi connectivity index (χ0) is 22.0. The van der Waals surface area contributed by atoms with Gasteiger partial charge in [-0.2, -0.15) is 5.10 Å². The van der Waals surface area contributed by atoms with Crippen LogP contribution in [0, 0.1) is 10.1 Å². The van der Waals surface area contributed by atoms with E-state index in [9.17, 15) is 14.9 Å². The molecule has 0 saturated heterocycles. The van der Waals surface area contributed by atoms with Crippen LogP contribution < -0.4 is 10.1 Å². The van der Waals surface area contributed by atoms with Gasteiger partial charge >= 0.3 is 11.6 Å². The summed E-state index contributed by atoms with van der Waals surface area (Å²) in [6.07, 6.45) is 2.84. The fraction of sp³-hybridized carbons (Fsp3) is 0.235. The first-order valence-corrected chi connectivity index (χ1v) is 9.99. The number of rotatable bonds is 7. The maximum absolute atomic E-state index is 12.6. The van der Waals surface area contributed by atoms with E-state index < -0.39 is 16.9 Å². The average Bonchev–Trinajstić information content (AvgIpc) is 3.28. The summed E-state index contributed by atoms with van der Waals surface area (Å²) in [4.78, 5) is 23.0. The van der Waals surface area contributed by atoms with Gasteiger partial charge in [-0.05, 0) is 40.5 Å². The molecule has 0 fully saturated rings. The van der Waals surface area contributed by atoms with Crippen LogP contribution in [0.25, 0.3) is 0 Å². The van der Waals surface area contributed by atoms with Crippen molar-refractivity contribution in [2.24, 2.45) is 0 Å². The van der Waals surface area contributed by atoms with E-state index in [4.69, 9.17) is 27.9 Å². The summed E-state index contributed by atoms with van der Waals surface area (Å²) < 4.78 is 8.22. The topological polar surface area (TPSA) is 117 Å². The number of halogens is 3. The van der Waals surface area contributed by atoms with Crippen LogP contribution >= 0.6 is 39.1 Å². The van der Waals surface area contributed by atoms with Gasteiger partial charge in [-0.3, -0.25) is 19.6 Å². The SMILES string of the molecule is COc1nn(C(C)C(=O)Nc2nn(Cc3ccc(Cl)c(Cl)c3)cc2Br)cc1[N+](=O)[O-]. The molecule has 0 saturated carbocycles. The monoisotopic (exact) mass is 516 g/mol. The highest BCUT2D eigenvalue weighted by Crippen LogP contribution is 2.28. The Kier molecular flexibility index (Phi) is 6.64. The summed E-state index contributed by atoms with van der Waals surface area (Å²) in [5.41, 5.74) is 0.547. The molecule has 3 aromatic rings. The Morgan fingerprint density at radius 2 is 2.07 bits per heavy atom. The Bertz CT molecular complexity index is 1120. The Hall–Kier alpha value is -2.63. The molecule has 3 rings (SSSR count). The lowest BCUT2D eigenvalue weighted by atomic mass is 10.2. The van der Waals surface area contributed by atoms with E-state index >= 15 is 0 Å². The number of benzene rings is 1. The van der Waals surface area contributed by atoms with E-state index in [1.165, 1.54) is 7.11 Å². The molecule has 158 valence electrons. The zero-order valence-electron chi connectivity index (χ0n) is 15.7. The average molecular weight is 518 g/mol. The predicted molar refractivity (Wildman–Crippen MR) is 114 cm³/mol. The lowest BCUT2D eigenvalue weighted by molar-refractivity contribution is -0.385. The second-order valence-corrected chi connectivity index (χ2v) is 7.87. The summed E-state index contributed by atoms with van der Waals surface area (Å²) in [6.45, 7) is 1.95. The Morgan fingerprint density at radius 3 is 2.67 bits per heavy atom. The number of aromatic nitrogens is 4. The molecule has 0 aliphatic rings. The molecule has 30 heavy (non-hydrogen) atoms. The van der Waals surface area contributed by atoms with Crippen molar-refractivity contribution in [3.63, 3.8) is 0 Å². The fourth-order valence-electron chi connectivity index (χ4n) is 2.56. The molecule has 1 unspecified atom stereocenters. The normalized spacial score (nSPS) is 11.9. The van der Waals surface area contributed by atoms with Crippen molar-refractivity contribution in [3.8, 4) is 5.88 Å². The van der Waals surface area contributed by atoms with Crippen LogP contribution in [0.2, 0.25) is 10.0 Å². The maximum atomic E-state index is 12.6. The van der Waals surface area contributed by atoms with Gasteiger partial charge in [0.2, 0.25) is 5.91 Å². The Labute approximate surface area is 189 Å². The summed E-state index contributed by atoms with van der Waals surface area (Å²) in [5.74, 6) is -0.345. The molecule has 1 N–H and O–H groups in total. The maximum Gasteiger partial charge on any atom is 0.350 e. The molecule has 13 heteroatoms. The van der Waals surface area contributed by atoms with Crippen LogP contribution in [0.1, 0.15) is 18.5 Å². The number of amides is 1. The molecule has 1 atom stereocenters. The van der Waals surface area contributed by atoms with Crippen molar-refractivity contribution in [3.05, 3.63) is 60.8 Å². The molecule has 2 aromatic heterocycles. The molecule has 0 spiro atoms. The highest BCUT2D eigenvalue weighted by Gasteiger charge is 2.26. The number of carbonyl (C=O) groups excluding carboxylic acids is 1. The standard InChI is InChI=1S/C17H15BrCl2N6O4/c1-9(25-8-14(26(28)29)17(23-25)30-2)16(27)21-15-11(18)7-24(22-15)6-10-3-4-12(19)13(20)5-10/h3-5,7-9H,6H2,1-2H3,(H,21,22,27). The van der Waals surface area contributed by atoms with E-state index in [2.05, 4.69) is 31.4 Å². The van der Waals surface area contributed by atoms with Crippen molar-refractivity contribution in [2.45, 2.75) is 19.5 Å². The number of anilines is 1. The third kappa shape index (κ3) is 4.74. The van der Waals surface area contributed by atoms with Gasteiger partial charge in [0.25, 0.3) is 0 Å².